The maximum Gasteiger partial charge on any atom is 0.472 e. The van der Waals surface area contributed by atoms with Gasteiger partial charge in [0.05, 0.1) is 30.9 Å². The minimum Gasteiger partial charge on any atom is -0.390 e. The molecule has 144 valence electrons. The van der Waals surface area contributed by atoms with Gasteiger partial charge in [-0.15, -0.1) is 0 Å². The number of aliphatic hydroxyl groups excluding tert-OH is 1. The molecule has 3 heterocycles. The number of hydrogen-bond acceptors (Lipinski definition) is 9. The average molecular weight is 387 g/mol. The van der Waals surface area contributed by atoms with Crippen LogP contribution < -0.4 is 5.73 Å². The fourth-order valence-corrected chi connectivity index (χ4v) is 3.40. The molecule has 1 fully saturated rings. The first-order valence-electron chi connectivity index (χ1n) is 8.30. The fraction of sp³-hybridized carbons (Fsp3) is 0.643. The van der Waals surface area contributed by atoms with E-state index < -0.39 is 26.3 Å². The van der Waals surface area contributed by atoms with E-state index >= 15 is 0 Å². The molecule has 0 amide bonds. The maximum atomic E-state index is 11.8. The normalized spacial score (nSPS) is 25.6. The van der Waals surface area contributed by atoms with Crippen molar-refractivity contribution in [2.75, 3.05) is 18.9 Å². The van der Waals surface area contributed by atoms with Gasteiger partial charge in [-0.1, -0.05) is 13.3 Å². The zero-order chi connectivity index (χ0) is 18.7. The van der Waals surface area contributed by atoms with Crippen molar-refractivity contribution >= 4 is 24.7 Å². The van der Waals surface area contributed by atoms with E-state index in [1.54, 1.807) is 0 Å². The number of phosphoric ester groups is 1. The van der Waals surface area contributed by atoms with E-state index in [1.165, 1.54) is 17.2 Å². The van der Waals surface area contributed by atoms with Crippen molar-refractivity contribution in [2.24, 2.45) is 0 Å². The molecule has 11 nitrogen and oxygen atoms in total. The molecule has 1 saturated heterocycles. The summed E-state index contributed by atoms with van der Waals surface area (Å²) in [5, 5.41) is 15.0. The molecule has 0 aliphatic carbocycles. The molecule has 26 heavy (non-hydrogen) atoms. The third-order valence-corrected chi connectivity index (χ3v) is 5.04. The summed E-state index contributed by atoms with van der Waals surface area (Å²) in [6, 6.07) is 0. The van der Waals surface area contributed by atoms with Gasteiger partial charge in [0, 0.05) is 6.42 Å². The van der Waals surface area contributed by atoms with Gasteiger partial charge in [0.25, 0.3) is 0 Å². The molecule has 1 aliphatic rings. The predicted octanol–water partition coefficient (Wildman–Crippen LogP) is 0.991. The van der Waals surface area contributed by atoms with E-state index in [0.717, 1.165) is 6.42 Å². The number of ether oxygens (including phenoxy) is 1. The summed E-state index contributed by atoms with van der Waals surface area (Å²) in [6.07, 6.45) is 2.24. The standard InChI is InChI=1S/C14H22N5O6P/c1-2-3-4-23-26(21,22)24-7-11-10(20)5-12(25-11)19-14-9(6-18-19)13(15)16-8-17-14/h6,8,10-12,20H,2-5,7H2,1H3,(H,21,22)(H2,15,16,17)/t10-,11+,12+/m0/s1. The molecular formula is C14H22N5O6P. The summed E-state index contributed by atoms with van der Waals surface area (Å²) in [5.41, 5.74) is 6.26. The van der Waals surface area contributed by atoms with Crippen molar-refractivity contribution in [1.82, 2.24) is 19.7 Å². The van der Waals surface area contributed by atoms with Crippen molar-refractivity contribution < 1.29 is 28.3 Å². The van der Waals surface area contributed by atoms with Gasteiger partial charge < -0.3 is 20.5 Å². The molecule has 2 aromatic heterocycles. The lowest BCUT2D eigenvalue weighted by molar-refractivity contribution is -0.0475. The van der Waals surface area contributed by atoms with Crippen LogP contribution in [0.15, 0.2) is 12.5 Å². The van der Waals surface area contributed by atoms with E-state index in [1.807, 2.05) is 6.92 Å². The number of unbranched alkanes of at least 4 members (excludes halogenated alkanes) is 1. The zero-order valence-corrected chi connectivity index (χ0v) is 15.2. The predicted molar refractivity (Wildman–Crippen MR) is 90.9 cm³/mol. The number of hydrogen-bond donors (Lipinski definition) is 3. The van der Waals surface area contributed by atoms with Crippen LogP contribution in [0.25, 0.3) is 11.0 Å². The maximum absolute atomic E-state index is 11.8. The summed E-state index contributed by atoms with van der Waals surface area (Å²) in [7, 11) is -4.18. The minimum absolute atomic E-state index is 0.126. The van der Waals surface area contributed by atoms with Crippen molar-refractivity contribution in [3.8, 4) is 0 Å². The summed E-state index contributed by atoms with van der Waals surface area (Å²) in [6.45, 7) is 1.78. The highest BCUT2D eigenvalue weighted by Gasteiger charge is 2.38. The average Bonchev–Trinajstić information content (AvgIpc) is 3.17. The highest BCUT2D eigenvalue weighted by molar-refractivity contribution is 7.47. The molecule has 3 rings (SSSR count). The number of nitrogen functional groups attached to an aromatic ring is 1. The molecule has 12 heteroatoms. The van der Waals surface area contributed by atoms with Crippen LogP contribution in [0.2, 0.25) is 0 Å². The smallest absolute Gasteiger partial charge is 0.390 e. The number of rotatable bonds is 8. The second-order valence-electron chi connectivity index (χ2n) is 5.97. The molecule has 0 saturated carbocycles. The Hall–Kier alpha value is -1.62. The molecule has 0 bridgehead atoms. The first-order chi connectivity index (χ1) is 12.4. The van der Waals surface area contributed by atoms with Gasteiger partial charge in [0.2, 0.25) is 0 Å². The van der Waals surface area contributed by atoms with E-state index in [4.69, 9.17) is 19.5 Å². The minimum atomic E-state index is -4.18. The Morgan fingerprint density at radius 2 is 2.27 bits per heavy atom. The lowest BCUT2D eigenvalue weighted by Crippen LogP contribution is -2.26. The number of aromatic nitrogens is 4. The Balaban J connectivity index is 1.62. The highest BCUT2D eigenvalue weighted by Crippen LogP contribution is 2.44. The number of anilines is 1. The number of nitrogens with zero attached hydrogens (tertiary/aromatic N) is 4. The third kappa shape index (κ3) is 4.20. The SMILES string of the molecule is CCCCOP(=O)(O)OC[C@H]1O[C@@H](n2ncc3c(N)ncnc32)C[C@@H]1O. The summed E-state index contributed by atoms with van der Waals surface area (Å²) in [4.78, 5) is 17.7. The van der Waals surface area contributed by atoms with Crippen LogP contribution in [0.3, 0.4) is 0 Å². The monoisotopic (exact) mass is 387 g/mol. The lowest BCUT2D eigenvalue weighted by atomic mass is 10.2. The number of fused-ring (bicyclic) bond motifs is 1. The van der Waals surface area contributed by atoms with E-state index in [0.29, 0.717) is 23.3 Å². The molecule has 4 N–H and O–H groups in total. The number of phosphoric acid groups is 1. The fourth-order valence-electron chi connectivity index (χ4n) is 2.63. The Morgan fingerprint density at radius 1 is 1.46 bits per heavy atom. The largest absolute Gasteiger partial charge is 0.472 e. The number of aliphatic hydroxyl groups is 1. The third-order valence-electron chi connectivity index (χ3n) is 4.05. The van der Waals surface area contributed by atoms with Crippen LogP contribution in [0, 0.1) is 0 Å². The first kappa shape index (κ1) is 19.2. The second kappa shape index (κ2) is 7.95. The molecule has 1 aliphatic heterocycles. The van der Waals surface area contributed by atoms with Gasteiger partial charge in [0.1, 0.15) is 18.2 Å². The Kier molecular flexibility index (Phi) is 5.86. The molecule has 2 aromatic rings. The molecular weight excluding hydrogens is 365 g/mol. The summed E-state index contributed by atoms with van der Waals surface area (Å²) < 4.78 is 28.8. The van der Waals surface area contributed by atoms with Crippen molar-refractivity contribution in [3.63, 3.8) is 0 Å². The molecule has 4 atom stereocenters. The summed E-state index contributed by atoms with van der Waals surface area (Å²) >= 11 is 0. The second-order valence-corrected chi connectivity index (χ2v) is 7.42. The van der Waals surface area contributed by atoms with Gasteiger partial charge in [-0.2, -0.15) is 5.10 Å². The van der Waals surface area contributed by atoms with Gasteiger partial charge >= 0.3 is 7.82 Å². The topological polar surface area (TPSA) is 155 Å². The first-order valence-corrected chi connectivity index (χ1v) is 9.80. The van der Waals surface area contributed by atoms with Crippen LogP contribution >= 0.6 is 7.82 Å². The van der Waals surface area contributed by atoms with E-state index in [2.05, 4.69) is 15.1 Å². The van der Waals surface area contributed by atoms with Gasteiger partial charge in [-0.25, -0.2) is 19.2 Å². The number of nitrogens with two attached hydrogens (primary N) is 1. The molecule has 0 spiro atoms. The Morgan fingerprint density at radius 3 is 3.04 bits per heavy atom. The zero-order valence-electron chi connectivity index (χ0n) is 14.3. The highest BCUT2D eigenvalue weighted by atomic mass is 31.2. The van der Waals surface area contributed by atoms with Crippen molar-refractivity contribution in [1.29, 1.82) is 0 Å². The van der Waals surface area contributed by atoms with Crippen LogP contribution in [-0.4, -0.2) is 55.2 Å². The van der Waals surface area contributed by atoms with Gasteiger partial charge in [-0.05, 0) is 6.42 Å². The van der Waals surface area contributed by atoms with Gasteiger partial charge in [0.15, 0.2) is 11.9 Å². The Bertz CT molecular complexity index is 801. The molecule has 0 radical (unpaired) electrons. The van der Waals surface area contributed by atoms with E-state index in [-0.39, 0.29) is 19.6 Å². The van der Waals surface area contributed by atoms with Crippen molar-refractivity contribution in [3.05, 3.63) is 12.5 Å². The van der Waals surface area contributed by atoms with Crippen LogP contribution in [0.4, 0.5) is 5.82 Å². The quantitative estimate of drug-likeness (QED) is 0.441. The van der Waals surface area contributed by atoms with E-state index in [9.17, 15) is 14.6 Å². The van der Waals surface area contributed by atoms with Crippen molar-refractivity contribution in [2.45, 2.75) is 44.6 Å². The van der Waals surface area contributed by atoms with Crippen LogP contribution in [0.1, 0.15) is 32.4 Å². The van der Waals surface area contributed by atoms with Crippen LogP contribution in [-0.2, 0) is 18.3 Å². The van der Waals surface area contributed by atoms with Crippen LogP contribution in [0.5, 0.6) is 0 Å². The molecule has 1 unspecified atom stereocenters. The summed E-state index contributed by atoms with van der Waals surface area (Å²) in [5.74, 6) is 0.296. The Labute approximate surface area is 149 Å². The lowest BCUT2D eigenvalue weighted by Gasteiger charge is -2.17. The van der Waals surface area contributed by atoms with Gasteiger partial charge in [-0.3, -0.25) is 9.05 Å². The molecule has 0 aromatic carbocycles.